The van der Waals surface area contributed by atoms with E-state index in [2.05, 4.69) is 4.72 Å². The first kappa shape index (κ1) is 18.3. The van der Waals surface area contributed by atoms with E-state index in [0.717, 1.165) is 6.07 Å². The molecular weight excluding hydrogens is 348 g/mol. The number of methoxy groups -OCH3 is 1. The summed E-state index contributed by atoms with van der Waals surface area (Å²) in [6.07, 6.45) is 0. The molecule has 2 aromatic carbocycles. The Bertz CT molecular complexity index is 953. The quantitative estimate of drug-likeness (QED) is 0.712. The van der Waals surface area contributed by atoms with Gasteiger partial charge in [0, 0.05) is 5.56 Å². The Hall–Kier alpha value is -3.07. The standard InChI is InChI=1S/C16H16N2O6S/c1-9-3-5-11(8-12(9)16(20)21)25(22,23)18-13-7-10(15(17)19)4-6-14(13)24-2/h3-8,18H,1-2H3,(H2,17,19)(H,20,21). The fourth-order valence-corrected chi connectivity index (χ4v) is 3.23. The third-order valence-corrected chi connectivity index (χ3v) is 4.84. The van der Waals surface area contributed by atoms with Gasteiger partial charge in [0.2, 0.25) is 5.91 Å². The number of sulfonamides is 1. The molecule has 0 saturated heterocycles. The van der Waals surface area contributed by atoms with Crippen LogP contribution in [0.1, 0.15) is 26.3 Å². The first-order valence-electron chi connectivity index (χ1n) is 7.00. The third-order valence-electron chi connectivity index (χ3n) is 3.48. The molecule has 0 aliphatic rings. The van der Waals surface area contributed by atoms with Gasteiger partial charge in [-0.1, -0.05) is 6.07 Å². The third kappa shape index (κ3) is 3.89. The van der Waals surface area contributed by atoms with Crippen molar-refractivity contribution in [1.29, 1.82) is 0 Å². The Morgan fingerprint density at radius 1 is 1.16 bits per heavy atom. The van der Waals surface area contributed by atoms with Crippen LogP contribution >= 0.6 is 0 Å². The molecule has 0 aliphatic heterocycles. The number of aromatic carboxylic acids is 1. The fraction of sp³-hybridized carbons (Fsp3) is 0.125. The van der Waals surface area contributed by atoms with E-state index in [-0.39, 0.29) is 27.5 Å². The minimum Gasteiger partial charge on any atom is -0.495 e. The van der Waals surface area contributed by atoms with E-state index in [1.165, 1.54) is 37.4 Å². The topological polar surface area (TPSA) is 136 Å². The maximum Gasteiger partial charge on any atom is 0.335 e. The van der Waals surface area contributed by atoms with Crippen molar-refractivity contribution in [2.75, 3.05) is 11.8 Å². The van der Waals surface area contributed by atoms with Crippen molar-refractivity contribution in [3.8, 4) is 5.75 Å². The number of carboxylic acids is 1. The molecule has 4 N–H and O–H groups in total. The maximum absolute atomic E-state index is 12.6. The average Bonchev–Trinajstić information content (AvgIpc) is 2.54. The Morgan fingerprint density at radius 2 is 1.84 bits per heavy atom. The van der Waals surface area contributed by atoms with E-state index in [4.69, 9.17) is 15.6 Å². The van der Waals surface area contributed by atoms with Gasteiger partial charge in [-0.2, -0.15) is 0 Å². The van der Waals surface area contributed by atoms with Gasteiger partial charge in [-0.05, 0) is 42.8 Å². The van der Waals surface area contributed by atoms with E-state index in [0.29, 0.717) is 5.56 Å². The predicted octanol–water partition coefficient (Wildman–Crippen LogP) is 1.60. The van der Waals surface area contributed by atoms with Crippen LogP contribution < -0.4 is 15.2 Å². The highest BCUT2D eigenvalue weighted by Crippen LogP contribution is 2.28. The molecule has 0 heterocycles. The molecule has 2 rings (SSSR count). The monoisotopic (exact) mass is 364 g/mol. The number of benzene rings is 2. The minimum atomic E-state index is -4.11. The lowest BCUT2D eigenvalue weighted by Crippen LogP contribution is -2.16. The molecule has 0 atom stereocenters. The van der Waals surface area contributed by atoms with Crippen molar-refractivity contribution >= 4 is 27.6 Å². The molecule has 0 aromatic heterocycles. The molecule has 0 unspecified atom stereocenters. The Kier molecular flexibility index (Phi) is 4.98. The summed E-state index contributed by atoms with van der Waals surface area (Å²) in [5.41, 5.74) is 5.60. The van der Waals surface area contributed by atoms with E-state index >= 15 is 0 Å². The van der Waals surface area contributed by atoms with Crippen LogP contribution in [-0.2, 0) is 10.0 Å². The van der Waals surface area contributed by atoms with Gasteiger partial charge in [-0.3, -0.25) is 9.52 Å². The number of carbonyl (C=O) groups excluding carboxylic acids is 1. The Morgan fingerprint density at radius 3 is 2.40 bits per heavy atom. The number of primary amides is 1. The summed E-state index contributed by atoms with van der Waals surface area (Å²) in [6, 6.07) is 7.78. The molecule has 0 bridgehead atoms. The predicted molar refractivity (Wildman–Crippen MR) is 90.5 cm³/mol. The summed E-state index contributed by atoms with van der Waals surface area (Å²) < 4.78 is 32.5. The zero-order valence-corrected chi connectivity index (χ0v) is 14.3. The van der Waals surface area contributed by atoms with Gasteiger partial charge in [0.15, 0.2) is 0 Å². The van der Waals surface area contributed by atoms with E-state index < -0.39 is 21.9 Å². The molecule has 0 fully saturated rings. The Labute approximate surface area is 144 Å². The van der Waals surface area contributed by atoms with Gasteiger partial charge >= 0.3 is 5.97 Å². The summed E-state index contributed by atoms with van der Waals surface area (Å²) in [4.78, 5) is 22.2. The van der Waals surface area contributed by atoms with Crippen molar-refractivity contribution in [2.24, 2.45) is 5.73 Å². The van der Waals surface area contributed by atoms with Crippen molar-refractivity contribution in [1.82, 2.24) is 0 Å². The van der Waals surface area contributed by atoms with Crippen LogP contribution in [0.25, 0.3) is 0 Å². The second-order valence-corrected chi connectivity index (χ2v) is 6.85. The van der Waals surface area contributed by atoms with E-state index in [1.54, 1.807) is 6.92 Å². The lowest BCUT2D eigenvalue weighted by atomic mass is 10.1. The van der Waals surface area contributed by atoms with Crippen LogP contribution in [-0.4, -0.2) is 32.5 Å². The van der Waals surface area contributed by atoms with Crippen LogP contribution in [0.5, 0.6) is 5.75 Å². The zero-order chi connectivity index (χ0) is 18.8. The number of carboxylic acid groups (broad SMARTS) is 1. The smallest absolute Gasteiger partial charge is 0.335 e. The largest absolute Gasteiger partial charge is 0.495 e. The second-order valence-electron chi connectivity index (χ2n) is 5.17. The van der Waals surface area contributed by atoms with Gasteiger partial charge in [0.25, 0.3) is 10.0 Å². The number of nitrogens with one attached hydrogen (secondary N) is 1. The van der Waals surface area contributed by atoms with Crippen molar-refractivity contribution in [2.45, 2.75) is 11.8 Å². The van der Waals surface area contributed by atoms with Crippen LogP contribution in [0.4, 0.5) is 5.69 Å². The molecule has 2 aromatic rings. The molecule has 132 valence electrons. The SMILES string of the molecule is COc1ccc(C(N)=O)cc1NS(=O)(=O)c1ccc(C)c(C(=O)O)c1. The molecule has 1 amide bonds. The van der Waals surface area contributed by atoms with Crippen LogP contribution in [0.3, 0.4) is 0 Å². The number of anilines is 1. The number of nitrogens with two attached hydrogens (primary N) is 1. The van der Waals surface area contributed by atoms with Crippen LogP contribution in [0, 0.1) is 6.92 Å². The van der Waals surface area contributed by atoms with Crippen LogP contribution in [0.2, 0.25) is 0 Å². The first-order valence-corrected chi connectivity index (χ1v) is 8.48. The Balaban J connectivity index is 2.49. The number of aryl methyl sites for hydroxylation is 1. The molecule has 9 heteroatoms. The summed E-state index contributed by atoms with van der Waals surface area (Å²) in [7, 11) is -2.77. The van der Waals surface area contributed by atoms with Crippen molar-refractivity contribution in [3.05, 3.63) is 53.1 Å². The fourth-order valence-electron chi connectivity index (χ4n) is 2.14. The van der Waals surface area contributed by atoms with Crippen molar-refractivity contribution in [3.63, 3.8) is 0 Å². The van der Waals surface area contributed by atoms with Crippen molar-refractivity contribution < 1.29 is 27.9 Å². The van der Waals surface area contributed by atoms with Gasteiger partial charge in [-0.25, -0.2) is 13.2 Å². The molecular formula is C16H16N2O6S. The summed E-state index contributed by atoms with van der Waals surface area (Å²) in [6.45, 7) is 1.56. The number of carbonyl (C=O) groups is 2. The lowest BCUT2D eigenvalue weighted by Gasteiger charge is -2.13. The first-order chi connectivity index (χ1) is 11.7. The molecule has 0 aliphatic carbocycles. The number of amides is 1. The molecule has 0 spiro atoms. The van der Waals surface area contributed by atoms with Gasteiger partial charge in [0.05, 0.1) is 23.3 Å². The number of ether oxygens (including phenoxy) is 1. The number of hydrogen-bond donors (Lipinski definition) is 3. The van der Waals surface area contributed by atoms with Crippen LogP contribution in [0.15, 0.2) is 41.3 Å². The normalized spacial score (nSPS) is 11.0. The number of rotatable bonds is 6. The molecule has 0 radical (unpaired) electrons. The molecule has 8 nitrogen and oxygen atoms in total. The molecule has 0 saturated carbocycles. The summed E-state index contributed by atoms with van der Waals surface area (Å²) in [5.74, 6) is -1.78. The highest BCUT2D eigenvalue weighted by molar-refractivity contribution is 7.92. The highest BCUT2D eigenvalue weighted by Gasteiger charge is 2.20. The van der Waals surface area contributed by atoms with Gasteiger partial charge in [0.1, 0.15) is 5.75 Å². The molecule has 25 heavy (non-hydrogen) atoms. The van der Waals surface area contributed by atoms with Gasteiger partial charge in [-0.15, -0.1) is 0 Å². The van der Waals surface area contributed by atoms with E-state index in [9.17, 15) is 18.0 Å². The summed E-state index contributed by atoms with van der Waals surface area (Å²) in [5, 5.41) is 9.14. The highest BCUT2D eigenvalue weighted by atomic mass is 32.2. The lowest BCUT2D eigenvalue weighted by molar-refractivity contribution is 0.0695. The maximum atomic E-state index is 12.6. The zero-order valence-electron chi connectivity index (χ0n) is 13.4. The van der Waals surface area contributed by atoms with Gasteiger partial charge < -0.3 is 15.6 Å². The van der Waals surface area contributed by atoms with E-state index in [1.807, 2.05) is 0 Å². The minimum absolute atomic E-state index is 0.0104. The average molecular weight is 364 g/mol. The summed E-state index contributed by atoms with van der Waals surface area (Å²) >= 11 is 0. The number of hydrogen-bond acceptors (Lipinski definition) is 5. The second kappa shape index (κ2) is 6.81.